The Balaban J connectivity index is 1.50. The highest BCUT2D eigenvalue weighted by Crippen LogP contribution is 2.35. The number of ether oxygens (including phenoxy) is 1. The van der Waals surface area contributed by atoms with Crippen LogP contribution in [0.3, 0.4) is 0 Å². The summed E-state index contributed by atoms with van der Waals surface area (Å²) in [5.41, 5.74) is 2.65. The van der Waals surface area contributed by atoms with E-state index in [0.29, 0.717) is 23.5 Å². The highest BCUT2D eigenvalue weighted by Gasteiger charge is 2.44. The number of nitrogens with one attached hydrogen (secondary N) is 1. The number of halogens is 1. The fourth-order valence-electron chi connectivity index (χ4n) is 4.55. The van der Waals surface area contributed by atoms with Crippen LogP contribution in [-0.2, 0) is 10.2 Å². The quantitative estimate of drug-likeness (QED) is 0.288. The number of benzene rings is 2. The van der Waals surface area contributed by atoms with Crippen molar-refractivity contribution in [2.24, 2.45) is 0 Å². The molecule has 0 radical (unpaired) electrons. The van der Waals surface area contributed by atoms with Crippen molar-refractivity contribution in [3.05, 3.63) is 83.4 Å². The molecule has 0 bridgehead atoms. The van der Waals surface area contributed by atoms with Gasteiger partial charge in [-0.3, -0.25) is 4.57 Å². The lowest BCUT2D eigenvalue weighted by Gasteiger charge is -2.31. The Labute approximate surface area is 207 Å². The Morgan fingerprint density at radius 3 is 2.20 bits per heavy atom. The molecule has 0 spiro atoms. The third-order valence-electron chi connectivity index (χ3n) is 6.62. The van der Waals surface area contributed by atoms with Crippen LogP contribution in [0.25, 0.3) is 11.2 Å². The van der Waals surface area contributed by atoms with E-state index in [1.807, 2.05) is 36.4 Å². The van der Waals surface area contributed by atoms with Gasteiger partial charge >= 0.3 is 0 Å². The zero-order valence-electron chi connectivity index (χ0n) is 19.0. The highest BCUT2D eigenvalue weighted by molar-refractivity contribution is 6.28. The van der Waals surface area contributed by atoms with E-state index in [-0.39, 0.29) is 5.28 Å². The van der Waals surface area contributed by atoms with Crippen LogP contribution in [0.15, 0.2) is 67.0 Å². The summed E-state index contributed by atoms with van der Waals surface area (Å²) >= 11 is 6.27. The monoisotopic (exact) mass is 495 g/mol. The van der Waals surface area contributed by atoms with Crippen LogP contribution >= 0.6 is 11.6 Å². The molecule has 2 aromatic carbocycles. The van der Waals surface area contributed by atoms with E-state index in [2.05, 4.69) is 51.5 Å². The SMILES string of the molecule is CC(CNc1nc(Cl)nc2c1ncn2[C@@H]1O[C@H](CO)[C@@H](O)[C@H]1O)(c1ccccc1)c1ccccc1. The molecule has 0 unspecified atom stereocenters. The molecule has 2 aromatic heterocycles. The predicted octanol–water partition coefficient (Wildman–Crippen LogP) is 2.51. The summed E-state index contributed by atoms with van der Waals surface area (Å²) in [5.74, 6) is 0.434. The molecule has 4 atom stereocenters. The fourth-order valence-corrected chi connectivity index (χ4v) is 4.72. The van der Waals surface area contributed by atoms with E-state index < -0.39 is 36.6 Å². The van der Waals surface area contributed by atoms with Crippen molar-refractivity contribution in [2.75, 3.05) is 18.5 Å². The summed E-state index contributed by atoms with van der Waals surface area (Å²) in [7, 11) is 0. The number of aromatic nitrogens is 4. The van der Waals surface area contributed by atoms with Crippen molar-refractivity contribution in [3.8, 4) is 0 Å². The number of aliphatic hydroxyl groups excluding tert-OH is 3. The largest absolute Gasteiger partial charge is 0.394 e. The van der Waals surface area contributed by atoms with Crippen LogP contribution in [0.2, 0.25) is 5.28 Å². The minimum Gasteiger partial charge on any atom is -0.394 e. The van der Waals surface area contributed by atoms with Gasteiger partial charge in [-0.2, -0.15) is 9.97 Å². The standard InChI is InChI=1S/C25H26ClN5O4/c1-25(15-8-4-2-5-9-15,16-10-6-3-7-11-16)13-27-21-18-22(30-24(26)29-21)31(14-28-18)23-20(34)19(33)17(12-32)35-23/h2-11,14,17,19-20,23,32-34H,12-13H2,1H3,(H,27,29,30)/t17-,19-,20-,23-/m1/s1. The van der Waals surface area contributed by atoms with Gasteiger partial charge in [0.2, 0.25) is 5.28 Å². The van der Waals surface area contributed by atoms with Gasteiger partial charge in [-0.15, -0.1) is 0 Å². The first-order valence-electron chi connectivity index (χ1n) is 11.3. The fraction of sp³-hybridized carbons (Fsp3) is 0.320. The van der Waals surface area contributed by atoms with E-state index in [9.17, 15) is 15.3 Å². The number of nitrogens with zero attached hydrogens (tertiary/aromatic N) is 4. The Morgan fingerprint density at radius 2 is 1.63 bits per heavy atom. The molecule has 10 heteroatoms. The lowest BCUT2D eigenvalue weighted by Crippen LogP contribution is -2.33. The third-order valence-corrected chi connectivity index (χ3v) is 6.79. The number of rotatable bonds is 7. The molecule has 9 nitrogen and oxygen atoms in total. The van der Waals surface area contributed by atoms with Gasteiger partial charge in [0, 0.05) is 12.0 Å². The lowest BCUT2D eigenvalue weighted by molar-refractivity contribution is -0.0511. The van der Waals surface area contributed by atoms with E-state index in [1.54, 1.807) is 0 Å². The average molecular weight is 496 g/mol. The second-order valence-corrected chi connectivity index (χ2v) is 9.15. The average Bonchev–Trinajstić information content (AvgIpc) is 3.43. The number of fused-ring (bicyclic) bond motifs is 1. The van der Waals surface area contributed by atoms with Gasteiger partial charge in [-0.1, -0.05) is 60.7 Å². The van der Waals surface area contributed by atoms with Gasteiger partial charge < -0.3 is 25.4 Å². The highest BCUT2D eigenvalue weighted by atomic mass is 35.5. The van der Waals surface area contributed by atoms with Gasteiger partial charge in [0.05, 0.1) is 12.9 Å². The van der Waals surface area contributed by atoms with Crippen molar-refractivity contribution in [1.29, 1.82) is 0 Å². The predicted molar refractivity (Wildman–Crippen MR) is 131 cm³/mol. The molecule has 1 aliphatic rings. The van der Waals surface area contributed by atoms with Crippen molar-refractivity contribution >= 4 is 28.6 Å². The molecular weight excluding hydrogens is 470 g/mol. The van der Waals surface area contributed by atoms with E-state index >= 15 is 0 Å². The Bertz CT molecular complexity index is 1260. The maximum atomic E-state index is 10.5. The van der Waals surface area contributed by atoms with Crippen molar-refractivity contribution in [3.63, 3.8) is 0 Å². The first-order chi connectivity index (χ1) is 16.9. The van der Waals surface area contributed by atoms with Gasteiger partial charge in [0.1, 0.15) is 18.3 Å². The van der Waals surface area contributed by atoms with E-state index in [4.69, 9.17) is 16.3 Å². The molecule has 0 amide bonds. The Kier molecular flexibility index (Phi) is 6.43. The minimum atomic E-state index is -1.27. The van der Waals surface area contributed by atoms with Crippen LogP contribution in [0.4, 0.5) is 5.82 Å². The smallest absolute Gasteiger partial charge is 0.226 e. The molecule has 0 saturated carbocycles. The van der Waals surface area contributed by atoms with Crippen LogP contribution in [-0.4, -0.2) is 66.3 Å². The maximum absolute atomic E-state index is 10.5. The second-order valence-electron chi connectivity index (χ2n) is 8.81. The minimum absolute atomic E-state index is 0.00498. The van der Waals surface area contributed by atoms with E-state index in [1.165, 1.54) is 10.9 Å². The first-order valence-corrected chi connectivity index (χ1v) is 11.7. The molecule has 5 rings (SSSR count). The van der Waals surface area contributed by atoms with Crippen LogP contribution in [0, 0.1) is 0 Å². The van der Waals surface area contributed by atoms with Crippen LogP contribution < -0.4 is 5.32 Å². The third kappa shape index (κ3) is 4.26. The molecule has 4 N–H and O–H groups in total. The number of hydrogen-bond acceptors (Lipinski definition) is 8. The summed E-state index contributed by atoms with van der Waals surface area (Å²) in [6, 6.07) is 20.4. The molecule has 4 aromatic rings. The van der Waals surface area contributed by atoms with Crippen molar-refractivity contribution in [2.45, 2.75) is 36.9 Å². The number of aliphatic hydroxyl groups is 3. The molecule has 0 aliphatic carbocycles. The van der Waals surface area contributed by atoms with E-state index in [0.717, 1.165) is 11.1 Å². The summed E-state index contributed by atoms with van der Waals surface area (Å²) in [6.45, 7) is 2.22. The number of imidazole rings is 1. The lowest BCUT2D eigenvalue weighted by atomic mass is 9.76. The van der Waals surface area contributed by atoms with Gasteiger partial charge in [0.25, 0.3) is 0 Å². The zero-order valence-corrected chi connectivity index (χ0v) is 19.7. The molecule has 182 valence electrons. The van der Waals surface area contributed by atoms with Crippen molar-refractivity contribution < 1.29 is 20.1 Å². The summed E-state index contributed by atoms with van der Waals surface area (Å²) < 4.78 is 7.14. The summed E-state index contributed by atoms with van der Waals surface area (Å²) in [4.78, 5) is 13.1. The molecule has 1 saturated heterocycles. The topological polar surface area (TPSA) is 126 Å². The maximum Gasteiger partial charge on any atom is 0.226 e. The first kappa shape index (κ1) is 23.7. The molecule has 3 heterocycles. The molecule has 1 aliphatic heterocycles. The normalized spacial score (nSPS) is 22.5. The van der Waals surface area contributed by atoms with Crippen LogP contribution in [0.1, 0.15) is 24.3 Å². The summed E-state index contributed by atoms with van der Waals surface area (Å²) in [6.07, 6.45) is -2.96. The van der Waals surface area contributed by atoms with Crippen LogP contribution in [0.5, 0.6) is 0 Å². The Hall–Kier alpha value is -3.08. The summed E-state index contributed by atoms with van der Waals surface area (Å²) in [5, 5.41) is 33.5. The number of anilines is 1. The zero-order chi connectivity index (χ0) is 24.6. The van der Waals surface area contributed by atoms with Gasteiger partial charge in [0.15, 0.2) is 23.2 Å². The van der Waals surface area contributed by atoms with Gasteiger partial charge in [-0.25, -0.2) is 4.98 Å². The van der Waals surface area contributed by atoms with Crippen molar-refractivity contribution in [1.82, 2.24) is 19.5 Å². The Morgan fingerprint density at radius 1 is 1.00 bits per heavy atom. The molecule has 1 fully saturated rings. The molecule has 35 heavy (non-hydrogen) atoms. The molecular formula is C25H26ClN5O4. The second kappa shape index (κ2) is 9.52. The van der Waals surface area contributed by atoms with Gasteiger partial charge in [-0.05, 0) is 29.7 Å². The number of hydrogen-bond donors (Lipinski definition) is 4.